The van der Waals surface area contributed by atoms with E-state index in [1.807, 2.05) is 19.1 Å². The second kappa shape index (κ2) is 6.80. The van der Waals surface area contributed by atoms with Gasteiger partial charge in [0.05, 0.1) is 6.54 Å². The number of furan rings is 1. The Bertz CT molecular complexity index is 951. The number of benzene rings is 1. The number of carboxylic acids is 1. The molecule has 1 N–H and O–H groups in total. The molecule has 0 aliphatic heterocycles. The summed E-state index contributed by atoms with van der Waals surface area (Å²) in [7, 11) is 0. The topological polar surface area (TPSA) is 68.3 Å². The SMILES string of the molecule is Cc1cc(C(=O)O)nn1Cc1cccc2cc(C3CCC(Cl)CC3)oc12. The van der Waals surface area contributed by atoms with E-state index in [0.29, 0.717) is 12.5 Å². The van der Waals surface area contributed by atoms with Crippen molar-refractivity contribution in [1.29, 1.82) is 0 Å². The molecule has 26 heavy (non-hydrogen) atoms. The molecule has 1 fully saturated rings. The fourth-order valence-electron chi connectivity index (χ4n) is 3.74. The van der Waals surface area contributed by atoms with Crippen LogP contribution in [0.1, 0.15) is 59.1 Å². The molecule has 0 saturated heterocycles. The van der Waals surface area contributed by atoms with E-state index in [1.165, 1.54) is 0 Å². The average molecular weight is 373 g/mol. The van der Waals surface area contributed by atoms with Gasteiger partial charge in [0.25, 0.3) is 0 Å². The Kier molecular flexibility index (Phi) is 4.49. The number of para-hydroxylation sites is 1. The van der Waals surface area contributed by atoms with E-state index in [9.17, 15) is 4.79 Å². The zero-order valence-corrected chi connectivity index (χ0v) is 15.4. The van der Waals surface area contributed by atoms with Crippen LogP contribution in [0, 0.1) is 6.92 Å². The first-order valence-corrected chi connectivity index (χ1v) is 9.38. The molecule has 1 aliphatic carbocycles. The van der Waals surface area contributed by atoms with Crippen molar-refractivity contribution in [3.05, 3.63) is 53.0 Å². The second-order valence-corrected chi connectivity index (χ2v) is 7.68. The molecular weight excluding hydrogens is 352 g/mol. The predicted molar refractivity (Wildman–Crippen MR) is 100 cm³/mol. The highest BCUT2D eigenvalue weighted by atomic mass is 35.5. The zero-order chi connectivity index (χ0) is 18.3. The first-order chi connectivity index (χ1) is 12.5. The van der Waals surface area contributed by atoms with Crippen molar-refractivity contribution in [2.45, 2.75) is 50.4 Å². The highest BCUT2D eigenvalue weighted by molar-refractivity contribution is 6.20. The number of halogens is 1. The van der Waals surface area contributed by atoms with Crippen LogP contribution in [0.5, 0.6) is 0 Å². The normalized spacial score (nSPS) is 20.5. The maximum atomic E-state index is 11.1. The van der Waals surface area contributed by atoms with Crippen LogP contribution >= 0.6 is 11.6 Å². The van der Waals surface area contributed by atoms with E-state index in [0.717, 1.165) is 53.7 Å². The zero-order valence-electron chi connectivity index (χ0n) is 14.6. The number of hydrogen-bond acceptors (Lipinski definition) is 3. The van der Waals surface area contributed by atoms with E-state index in [2.05, 4.69) is 17.2 Å². The van der Waals surface area contributed by atoms with Gasteiger partial charge in [-0.05, 0) is 44.7 Å². The average Bonchev–Trinajstić information content (AvgIpc) is 3.20. The Morgan fingerprint density at radius 2 is 2.08 bits per heavy atom. The maximum absolute atomic E-state index is 11.1. The largest absolute Gasteiger partial charge is 0.476 e. The molecule has 0 radical (unpaired) electrons. The van der Waals surface area contributed by atoms with E-state index < -0.39 is 5.97 Å². The number of aromatic carboxylic acids is 1. The monoisotopic (exact) mass is 372 g/mol. The third-order valence-electron chi connectivity index (χ3n) is 5.22. The fraction of sp³-hybridized carbons (Fsp3) is 0.400. The van der Waals surface area contributed by atoms with Crippen LogP contribution in [0.25, 0.3) is 11.0 Å². The van der Waals surface area contributed by atoms with Gasteiger partial charge < -0.3 is 9.52 Å². The van der Waals surface area contributed by atoms with Crippen molar-refractivity contribution in [3.8, 4) is 0 Å². The van der Waals surface area contributed by atoms with E-state index >= 15 is 0 Å². The number of carboxylic acid groups (broad SMARTS) is 1. The third kappa shape index (κ3) is 3.23. The smallest absolute Gasteiger partial charge is 0.356 e. The molecule has 0 unspecified atom stereocenters. The van der Waals surface area contributed by atoms with Crippen LogP contribution in [0.4, 0.5) is 0 Å². The first-order valence-electron chi connectivity index (χ1n) is 8.94. The summed E-state index contributed by atoms with van der Waals surface area (Å²) >= 11 is 6.22. The van der Waals surface area contributed by atoms with Gasteiger partial charge in [0.1, 0.15) is 11.3 Å². The molecule has 3 aromatic rings. The van der Waals surface area contributed by atoms with Crippen LogP contribution in [0.3, 0.4) is 0 Å². The minimum Gasteiger partial charge on any atom is -0.476 e. The summed E-state index contributed by atoms with van der Waals surface area (Å²) in [5.41, 5.74) is 2.74. The van der Waals surface area contributed by atoms with Gasteiger partial charge in [0.15, 0.2) is 5.69 Å². The lowest BCUT2D eigenvalue weighted by atomic mass is 9.87. The van der Waals surface area contributed by atoms with Crippen molar-refractivity contribution >= 4 is 28.5 Å². The molecule has 5 nitrogen and oxygen atoms in total. The molecule has 6 heteroatoms. The van der Waals surface area contributed by atoms with Crippen molar-refractivity contribution < 1.29 is 14.3 Å². The molecular formula is C20H21ClN2O3. The lowest BCUT2D eigenvalue weighted by molar-refractivity contribution is 0.0689. The molecule has 1 aliphatic rings. The van der Waals surface area contributed by atoms with Gasteiger partial charge in [-0.3, -0.25) is 4.68 Å². The highest BCUT2D eigenvalue weighted by Gasteiger charge is 2.24. The Morgan fingerprint density at radius 3 is 2.77 bits per heavy atom. The second-order valence-electron chi connectivity index (χ2n) is 7.07. The predicted octanol–water partition coefficient (Wildman–Crippen LogP) is 4.95. The van der Waals surface area contributed by atoms with Crippen LogP contribution < -0.4 is 0 Å². The third-order valence-corrected chi connectivity index (χ3v) is 5.66. The summed E-state index contributed by atoms with van der Waals surface area (Å²) in [6, 6.07) is 9.78. The maximum Gasteiger partial charge on any atom is 0.356 e. The molecule has 0 atom stereocenters. The van der Waals surface area contributed by atoms with E-state index in [-0.39, 0.29) is 11.1 Å². The Balaban J connectivity index is 1.64. The van der Waals surface area contributed by atoms with E-state index in [1.54, 1.807) is 10.7 Å². The van der Waals surface area contributed by atoms with Crippen molar-refractivity contribution in [3.63, 3.8) is 0 Å². The standard InChI is InChI=1S/C20H21ClN2O3/c1-12-9-17(20(24)25)22-23(12)11-15-4-2-3-14-10-18(26-19(14)15)13-5-7-16(21)8-6-13/h2-4,9-10,13,16H,5-8,11H2,1H3,(H,24,25). The Morgan fingerprint density at radius 1 is 1.31 bits per heavy atom. The first kappa shape index (κ1) is 17.2. The van der Waals surface area contributed by atoms with Crippen LogP contribution in [0.15, 0.2) is 34.7 Å². The number of fused-ring (bicyclic) bond motifs is 1. The molecule has 0 bridgehead atoms. The minimum atomic E-state index is -1.01. The summed E-state index contributed by atoms with van der Waals surface area (Å²) in [5, 5.41) is 14.7. The Hall–Kier alpha value is -2.27. The molecule has 4 rings (SSSR count). The molecule has 2 aromatic heterocycles. The van der Waals surface area contributed by atoms with Gasteiger partial charge in [-0.1, -0.05) is 18.2 Å². The van der Waals surface area contributed by atoms with Gasteiger partial charge in [-0.25, -0.2) is 4.79 Å². The number of nitrogens with zero attached hydrogens (tertiary/aromatic N) is 2. The number of aromatic nitrogens is 2. The number of hydrogen-bond donors (Lipinski definition) is 1. The Labute approximate surface area is 156 Å². The summed E-state index contributed by atoms with van der Waals surface area (Å²) in [4.78, 5) is 11.1. The van der Waals surface area contributed by atoms with Crippen LogP contribution in [0.2, 0.25) is 0 Å². The molecule has 1 aromatic carbocycles. The summed E-state index contributed by atoms with van der Waals surface area (Å²) in [6.45, 7) is 2.34. The molecule has 2 heterocycles. The molecule has 136 valence electrons. The molecule has 0 spiro atoms. The molecule has 1 saturated carbocycles. The quantitative estimate of drug-likeness (QED) is 0.658. The van der Waals surface area contributed by atoms with Gasteiger partial charge in [0, 0.05) is 27.9 Å². The van der Waals surface area contributed by atoms with Crippen molar-refractivity contribution in [2.24, 2.45) is 0 Å². The minimum absolute atomic E-state index is 0.0626. The van der Waals surface area contributed by atoms with Crippen LogP contribution in [-0.4, -0.2) is 26.2 Å². The summed E-state index contributed by atoms with van der Waals surface area (Å²) in [6.07, 6.45) is 4.17. The van der Waals surface area contributed by atoms with Crippen LogP contribution in [-0.2, 0) is 6.54 Å². The van der Waals surface area contributed by atoms with Crippen molar-refractivity contribution in [2.75, 3.05) is 0 Å². The van der Waals surface area contributed by atoms with Crippen molar-refractivity contribution in [1.82, 2.24) is 9.78 Å². The number of alkyl halides is 1. The van der Waals surface area contributed by atoms with Gasteiger partial charge in [0.2, 0.25) is 0 Å². The van der Waals surface area contributed by atoms with Gasteiger partial charge in [-0.15, -0.1) is 11.6 Å². The number of rotatable bonds is 4. The molecule has 0 amide bonds. The van der Waals surface area contributed by atoms with Gasteiger partial charge >= 0.3 is 5.97 Å². The number of aryl methyl sites for hydroxylation is 1. The fourth-order valence-corrected chi connectivity index (χ4v) is 3.99. The summed E-state index contributed by atoms with van der Waals surface area (Å²) < 4.78 is 7.95. The summed E-state index contributed by atoms with van der Waals surface area (Å²) in [5.74, 6) is 0.440. The number of carbonyl (C=O) groups is 1. The van der Waals surface area contributed by atoms with Gasteiger partial charge in [-0.2, -0.15) is 5.10 Å². The van der Waals surface area contributed by atoms with E-state index in [4.69, 9.17) is 21.1 Å². The highest BCUT2D eigenvalue weighted by Crippen LogP contribution is 2.38. The lowest BCUT2D eigenvalue weighted by Gasteiger charge is -2.23. The lowest BCUT2D eigenvalue weighted by Crippen LogP contribution is -2.12.